The van der Waals surface area contributed by atoms with Crippen molar-refractivity contribution in [2.45, 2.75) is 6.92 Å². The van der Waals surface area contributed by atoms with Gasteiger partial charge in [-0.2, -0.15) is 0 Å². The molecular weight excluding hydrogens is 250 g/mol. The fourth-order valence-corrected chi connectivity index (χ4v) is 2.31. The van der Waals surface area contributed by atoms with Crippen LogP contribution in [0.25, 0.3) is 22.2 Å². The molecule has 0 aliphatic carbocycles. The second kappa shape index (κ2) is 5.29. The molecule has 3 aromatic rings. The van der Waals surface area contributed by atoms with Crippen LogP contribution in [0.15, 0.2) is 48.5 Å². The smallest absolute Gasteiger partial charge is 0.119 e. The molecule has 1 N–H and O–H groups in total. The maximum atomic E-state index is 5.54. The van der Waals surface area contributed by atoms with Gasteiger partial charge in [0.05, 0.1) is 13.7 Å². The lowest BCUT2D eigenvalue weighted by molar-refractivity contribution is 0.340. The van der Waals surface area contributed by atoms with Gasteiger partial charge in [-0.25, -0.2) is 0 Å². The van der Waals surface area contributed by atoms with E-state index in [1.807, 2.05) is 43.3 Å². The van der Waals surface area contributed by atoms with Gasteiger partial charge >= 0.3 is 0 Å². The number of hydrogen-bond acceptors (Lipinski definition) is 2. The Hall–Kier alpha value is -2.42. The Morgan fingerprint density at radius 2 is 1.90 bits per heavy atom. The van der Waals surface area contributed by atoms with Gasteiger partial charge in [-0.15, -0.1) is 0 Å². The maximum absolute atomic E-state index is 5.54. The highest BCUT2D eigenvalue weighted by atomic mass is 16.5. The molecule has 0 atom stereocenters. The van der Waals surface area contributed by atoms with Gasteiger partial charge in [0.2, 0.25) is 0 Å². The van der Waals surface area contributed by atoms with Crippen molar-refractivity contribution in [2.24, 2.45) is 0 Å². The third-order valence-corrected chi connectivity index (χ3v) is 3.28. The molecule has 0 aliphatic rings. The third-order valence-electron chi connectivity index (χ3n) is 3.28. The first-order chi connectivity index (χ1) is 9.80. The van der Waals surface area contributed by atoms with E-state index in [1.165, 1.54) is 0 Å². The summed E-state index contributed by atoms with van der Waals surface area (Å²) in [7, 11) is 1.68. The average molecular weight is 267 g/mol. The Labute approximate surface area is 118 Å². The highest BCUT2D eigenvalue weighted by molar-refractivity contribution is 5.87. The van der Waals surface area contributed by atoms with Crippen LogP contribution < -0.4 is 9.47 Å². The van der Waals surface area contributed by atoms with Gasteiger partial charge in [-0.1, -0.05) is 12.1 Å². The molecule has 0 radical (unpaired) electrons. The zero-order valence-electron chi connectivity index (χ0n) is 11.6. The van der Waals surface area contributed by atoms with E-state index in [2.05, 4.69) is 17.1 Å². The van der Waals surface area contributed by atoms with Crippen LogP contribution in [-0.2, 0) is 0 Å². The summed E-state index contributed by atoms with van der Waals surface area (Å²) in [6.45, 7) is 2.66. The van der Waals surface area contributed by atoms with Crippen LogP contribution in [-0.4, -0.2) is 18.7 Å². The summed E-state index contributed by atoms with van der Waals surface area (Å²) >= 11 is 0. The van der Waals surface area contributed by atoms with E-state index in [0.717, 1.165) is 33.7 Å². The maximum Gasteiger partial charge on any atom is 0.119 e. The Balaban J connectivity index is 2.03. The third kappa shape index (κ3) is 2.35. The number of fused-ring (bicyclic) bond motifs is 1. The first-order valence-electron chi connectivity index (χ1n) is 6.70. The van der Waals surface area contributed by atoms with Crippen LogP contribution in [0, 0.1) is 0 Å². The summed E-state index contributed by atoms with van der Waals surface area (Å²) in [6, 6.07) is 16.2. The summed E-state index contributed by atoms with van der Waals surface area (Å²) in [4.78, 5) is 3.42. The topological polar surface area (TPSA) is 34.2 Å². The predicted molar refractivity (Wildman–Crippen MR) is 81.5 cm³/mol. The van der Waals surface area contributed by atoms with Gasteiger partial charge in [0, 0.05) is 22.2 Å². The van der Waals surface area contributed by atoms with E-state index in [9.17, 15) is 0 Å². The van der Waals surface area contributed by atoms with E-state index >= 15 is 0 Å². The largest absolute Gasteiger partial charge is 0.497 e. The molecule has 102 valence electrons. The van der Waals surface area contributed by atoms with Crippen LogP contribution in [0.1, 0.15) is 6.92 Å². The number of aromatic nitrogens is 1. The number of H-pyrrole nitrogens is 1. The fourth-order valence-electron chi connectivity index (χ4n) is 2.31. The molecule has 0 aliphatic heterocycles. The van der Waals surface area contributed by atoms with Crippen molar-refractivity contribution in [1.82, 2.24) is 4.98 Å². The summed E-state index contributed by atoms with van der Waals surface area (Å²) < 4.78 is 10.8. The van der Waals surface area contributed by atoms with E-state index < -0.39 is 0 Å². The molecule has 3 nitrogen and oxygen atoms in total. The summed E-state index contributed by atoms with van der Waals surface area (Å²) in [6.07, 6.45) is 0. The normalized spacial score (nSPS) is 10.7. The van der Waals surface area contributed by atoms with Gasteiger partial charge in [0.25, 0.3) is 0 Å². The van der Waals surface area contributed by atoms with Crippen LogP contribution in [0.2, 0.25) is 0 Å². The summed E-state index contributed by atoms with van der Waals surface area (Å²) in [5.74, 6) is 1.76. The molecule has 2 aromatic carbocycles. The lowest BCUT2D eigenvalue weighted by Crippen LogP contribution is -1.91. The van der Waals surface area contributed by atoms with Crippen LogP contribution >= 0.6 is 0 Å². The Kier molecular flexibility index (Phi) is 3.33. The van der Waals surface area contributed by atoms with Gasteiger partial charge in [-0.3, -0.25) is 0 Å². The van der Waals surface area contributed by atoms with Crippen molar-refractivity contribution in [2.75, 3.05) is 13.7 Å². The van der Waals surface area contributed by atoms with Crippen molar-refractivity contribution < 1.29 is 9.47 Å². The minimum atomic E-state index is 0.674. The standard InChI is InChI=1S/C17H17NO2/c1-3-20-15-6-4-5-12(9-15)17-11-13-10-14(19-2)7-8-16(13)18-17/h4-11,18H,3H2,1-2H3. The number of methoxy groups -OCH3 is 1. The van der Waals surface area contributed by atoms with Crippen molar-refractivity contribution >= 4 is 10.9 Å². The number of hydrogen-bond donors (Lipinski definition) is 1. The van der Waals surface area contributed by atoms with E-state index in [1.54, 1.807) is 7.11 Å². The van der Waals surface area contributed by atoms with E-state index in [-0.39, 0.29) is 0 Å². The second-order valence-corrected chi connectivity index (χ2v) is 4.60. The molecule has 1 aromatic heterocycles. The summed E-state index contributed by atoms with van der Waals surface area (Å²) in [5, 5.41) is 1.14. The van der Waals surface area contributed by atoms with E-state index in [0.29, 0.717) is 6.61 Å². The lowest BCUT2D eigenvalue weighted by atomic mass is 10.1. The predicted octanol–water partition coefficient (Wildman–Crippen LogP) is 4.24. The average Bonchev–Trinajstić information content (AvgIpc) is 2.90. The first-order valence-corrected chi connectivity index (χ1v) is 6.70. The van der Waals surface area contributed by atoms with Gasteiger partial charge in [-0.05, 0) is 43.3 Å². The molecular formula is C17H17NO2. The Morgan fingerprint density at radius 1 is 1.00 bits per heavy atom. The van der Waals surface area contributed by atoms with E-state index in [4.69, 9.17) is 9.47 Å². The Bertz CT molecular complexity index is 731. The van der Waals surface area contributed by atoms with Crippen molar-refractivity contribution in [1.29, 1.82) is 0 Å². The number of ether oxygens (including phenoxy) is 2. The minimum absolute atomic E-state index is 0.674. The monoisotopic (exact) mass is 267 g/mol. The van der Waals surface area contributed by atoms with Gasteiger partial charge in [0.15, 0.2) is 0 Å². The first kappa shape index (κ1) is 12.6. The quantitative estimate of drug-likeness (QED) is 0.767. The number of rotatable bonds is 4. The molecule has 1 heterocycles. The molecule has 0 amide bonds. The Morgan fingerprint density at radius 3 is 2.70 bits per heavy atom. The van der Waals surface area contributed by atoms with Crippen molar-refractivity contribution in [3.8, 4) is 22.8 Å². The van der Waals surface area contributed by atoms with Crippen molar-refractivity contribution in [3.63, 3.8) is 0 Å². The summed E-state index contributed by atoms with van der Waals surface area (Å²) in [5.41, 5.74) is 3.29. The fraction of sp³-hybridized carbons (Fsp3) is 0.176. The molecule has 0 spiro atoms. The number of benzene rings is 2. The van der Waals surface area contributed by atoms with Gasteiger partial charge < -0.3 is 14.5 Å². The zero-order valence-corrected chi connectivity index (χ0v) is 11.6. The van der Waals surface area contributed by atoms with Gasteiger partial charge in [0.1, 0.15) is 11.5 Å². The number of aromatic amines is 1. The molecule has 0 bridgehead atoms. The van der Waals surface area contributed by atoms with Crippen LogP contribution in [0.4, 0.5) is 0 Å². The van der Waals surface area contributed by atoms with Crippen LogP contribution in [0.5, 0.6) is 11.5 Å². The molecule has 3 rings (SSSR count). The minimum Gasteiger partial charge on any atom is -0.497 e. The molecule has 3 heteroatoms. The molecule has 0 saturated heterocycles. The lowest BCUT2D eigenvalue weighted by Gasteiger charge is -2.04. The SMILES string of the molecule is CCOc1cccc(-c2cc3cc(OC)ccc3[nH]2)c1. The highest BCUT2D eigenvalue weighted by Gasteiger charge is 2.05. The van der Waals surface area contributed by atoms with Crippen LogP contribution in [0.3, 0.4) is 0 Å². The second-order valence-electron chi connectivity index (χ2n) is 4.60. The number of nitrogens with one attached hydrogen (secondary N) is 1. The highest BCUT2D eigenvalue weighted by Crippen LogP contribution is 2.28. The molecule has 0 unspecified atom stereocenters. The molecule has 0 saturated carbocycles. The molecule has 20 heavy (non-hydrogen) atoms. The van der Waals surface area contributed by atoms with Crippen molar-refractivity contribution in [3.05, 3.63) is 48.5 Å². The zero-order chi connectivity index (χ0) is 13.9. The molecule has 0 fully saturated rings.